The molecule has 0 unspecified atom stereocenters. The van der Waals surface area contributed by atoms with Crippen molar-refractivity contribution in [2.45, 2.75) is 0 Å². The number of alkyl halides is 1. The molecule has 5 nitrogen and oxygen atoms in total. The third kappa shape index (κ3) is 2.63. The molecule has 0 spiro atoms. The molecule has 76 valence electrons. The van der Waals surface area contributed by atoms with Crippen LogP contribution in [0.2, 0.25) is 0 Å². The number of carbonyl (C=O) groups excluding carboxylic acids is 1. The van der Waals surface area contributed by atoms with Crippen LogP contribution in [0.25, 0.3) is 0 Å². The van der Waals surface area contributed by atoms with Crippen LogP contribution < -0.4 is 11.1 Å². The Labute approximate surface area is 88.0 Å². The first kappa shape index (κ1) is 10.8. The first-order chi connectivity index (χ1) is 6.65. The molecule has 1 aromatic rings. The van der Waals surface area contributed by atoms with Crippen molar-refractivity contribution in [2.24, 2.45) is 0 Å². The fourth-order valence-corrected chi connectivity index (χ4v) is 1.07. The van der Waals surface area contributed by atoms with E-state index in [4.69, 9.17) is 5.73 Å². The van der Waals surface area contributed by atoms with Crippen LogP contribution in [0, 0.1) is 0 Å². The van der Waals surface area contributed by atoms with Gasteiger partial charge in [-0.05, 0) is 15.9 Å². The summed E-state index contributed by atoms with van der Waals surface area (Å²) in [5.41, 5.74) is 5.41. The molecule has 0 saturated carbocycles. The summed E-state index contributed by atoms with van der Waals surface area (Å²) in [4.78, 5) is 18.8. The third-order valence-corrected chi connectivity index (χ3v) is 1.75. The summed E-state index contributed by atoms with van der Waals surface area (Å²) in [6.45, 7) is -0.695. The van der Waals surface area contributed by atoms with Gasteiger partial charge in [0.1, 0.15) is 11.3 Å². The van der Waals surface area contributed by atoms with Crippen molar-refractivity contribution < 1.29 is 9.18 Å². The normalized spacial score (nSPS) is 9.86. The molecule has 0 saturated heterocycles. The number of amides is 1. The van der Waals surface area contributed by atoms with Gasteiger partial charge in [-0.25, -0.2) is 14.4 Å². The summed E-state index contributed by atoms with van der Waals surface area (Å²) in [7, 11) is 0. The molecule has 0 fully saturated rings. The number of nitrogens with one attached hydrogen (secondary N) is 1. The molecule has 0 radical (unpaired) electrons. The van der Waals surface area contributed by atoms with E-state index >= 15 is 0 Å². The highest BCUT2D eigenvalue weighted by molar-refractivity contribution is 9.10. The molecular formula is C7H8BrFN4O. The molecule has 1 aromatic heterocycles. The van der Waals surface area contributed by atoms with Crippen LogP contribution in [0.1, 0.15) is 10.5 Å². The van der Waals surface area contributed by atoms with Gasteiger partial charge < -0.3 is 11.1 Å². The number of rotatable bonds is 3. The topological polar surface area (TPSA) is 80.9 Å². The molecule has 1 rings (SSSR count). The molecule has 0 aliphatic heterocycles. The Kier molecular flexibility index (Phi) is 3.75. The van der Waals surface area contributed by atoms with Crippen molar-refractivity contribution in [2.75, 3.05) is 19.0 Å². The molecule has 14 heavy (non-hydrogen) atoms. The molecule has 7 heteroatoms. The standard InChI is InChI=1S/C7H8BrFN4O/c8-4-3-12-6(10)5(13-4)7(14)11-2-1-9/h3H,1-2H2,(H2,10,12)(H,11,14). The highest BCUT2D eigenvalue weighted by Gasteiger charge is 2.12. The lowest BCUT2D eigenvalue weighted by Gasteiger charge is -2.04. The van der Waals surface area contributed by atoms with Crippen LogP contribution in [0.4, 0.5) is 10.2 Å². The second-order valence-electron chi connectivity index (χ2n) is 2.37. The van der Waals surface area contributed by atoms with E-state index in [1.807, 2.05) is 0 Å². The van der Waals surface area contributed by atoms with E-state index in [2.05, 4.69) is 31.2 Å². The molecule has 3 N–H and O–H groups in total. The summed E-state index contributed by atoms with van der Waals surface area (Å²) in [5, 5.41) is 2.30. The number of hydrogen-bond donors (Lipinski definition) is 2. The molecule has 0 aliphatic rings. The SMILES string of the molecule is Nc1ncc(Br)nc1C(=O)NCCF. The van der Waals surface area contributed by atoms with E-state index in [0.29, 0.717) is 4.60 Å². The van der Waals surface area contributed by atoms with Crippen molar-refractivity contribution in [3.05, 3.63) is 16.5 Å². The average Bonchev–Trinajstić information content (AvgIpc) is 2.18. The van der Waals surface area contributed by atoms with E-state index in [1.54, 1.807) is 0 Å². The van der Waals surface area contributed by atoms with E-state index in [1.165, 1.54) is 6.20 Å². The quantitative estimate of drug-likeness (QED) is 0.833. The Morgan fingerprint density at radius 1 is 1.71 bits per heavy atom. The van der Waals surface area contributed by atoms with Gasteiger partial charge in [-0.2, -0.15) is 0 Å². The molecule has 1 heterocycles. The van der Waals surface area contributed by atoms with Gasteiger partial charge in [-0.1, -0.05) is 0 Å². The van der Waals surface area contributed by atoms with Crippen LogP contribution in [0.5, 0.6) is 0 Å². The van der Waals surface area contributed by atoms with Crippen LogP contribution in [0.3, 0.4) is 0 Å². The van der Waals surface area contributed by atoms with E-state index < -0.39 is 12.6 Å². The number of nitrogens with zero attached hydrogens (tertiary/aromatic N) is 2. The monoisotopic (exact) mass is 262 g/mol. The van der Waals surface area contributed by atoms with Crippen LogP contribution in [0.15, 0.2) is 10.8 Å². The second-order valence-corrected chi connectivity index (χ2v) is 3.18. The molecule has 0 aromatic carbocycles. The van der Waals surface area contributed by atoms with Crippen molar-refractivity contribution in [1.82, 2.24) is 15.3 Å². The summed E-state index contributed by atoms with van der Waals surface area (Å²) < 4.78 is 12.2. The Morgan fingerprint density at radius 2 is 2.43 bits per heavy atom. The summed E-state index contributed by atoms with van der Waals surface area (Å²) in [5.74, 6) is -0.515. The lowest BCUT2D eigenvalue weighted by atomic mass is 10.4. The fraction of sp³-hybridized carbons (Fsp3) is 0.286. The van der Waals surface area contributed by atoms with Gasteiger partial charge in [0, 0.05) is 6.54 Å². The average molecular weight is 263 g/mol. The number of nitrogen functional groups attached to an aromatic ring is 1. The number of anilines is 1. The maximum Gasteiger partial charge on any atom is 0.273 e. The number of hydrogen-bond acceptors (Lipinski definition) is 4. The number of halogens is 2. The summed E-state index contributed by atoms with van der Waals surface area (Å²) in [6.07, 6.45) is 1.38. The summed E-state index contributed by atoms with van der Waals surface area (Å²) in [6, 6.07) is 0. The van der Waals surface area contributed by atoms with Crippen LogP contribution in [-0.2, 0) is 0 Å². The third-order valence-electron chi connectivity index (χ3n) is 1.37. The predicted octanol–water partition coefficient (Wildman–Crippen LogP) is 0.521. The van der Waals surface area contributed by atoms with Gasteiger partial charge in [0.2, 0.25) is 0 Å². The minimum absolute atomic E-state index is 0.00664. The number of carbonyl (C=O) groups is 1. The van der Waals surface area contributed by atoms with Crippen LogP contribution >= 0.6 is 15.9 Å². The van der Waals surface area contributed by atoms with Gasteiger partial charge in [-0.15, -0.1) is 0 Å². The van der Waals surface area contributed by atoms with Crippen LogP contribution in [-0.4, -0.2) is 29.1 Å². The van der Waals surface area contributed by atoms with Gasteiger partial charge in [-0.3, -0.25) is 4.79 Å². The van der Waals surface area contributed by atoms with Crippen molar-refractivity contribution in [1.29, 1.82) is 0 Å². The highest BCUT2D eigenvalue weighted by Crippen LogP contribution is 2.09. The van der Waals surface area contributed by atoms with Gasteiger partial charge in [0.25, 0.3) is 5.91 Å². The molecule has 0 atom stereocenters. The zero-order valence-electron chi connectivity index (χ0n) is 7.13. The maximum absolute atomic E-state index is 11.8. The molecule has 0 aliphatic carbocycles. The molecule has 1 amide bonds. The minimum atomic E-state index is -0.632. The first-order valence-electron chi connectivity index (χ1n) is 3.77. The van der Waals surface area contributed by atoms with E-state index in [0.717, 1.165) is 0 Å². The number of nitrogens with two attached hydrogens (primary N) is 1. The fourth-order valence-electron chi connectivity index (χ4n) is 0.788. The van der Waals surface area contributed by atoms with Crippen molar-refractivity contribution in [3.63, 3.8) is 0 Å². The lowest BCUT2D eigenvalue weighted by Crippen LogP contribution is -2.27. The Bertz CT molecular complexity index is 346. The summed E-state index contributed by atoms with van der Waals surface area (Å²) >= 11 is 3.05. The molecular weight excluding hydrogens is 255 g/mol. The van der Waals surface area contributed by atoms with E-state index in [9.17, 15) is 9.18 Å². The zero-order chi connectivity index (χ0) is 10.6. The van der Waals surface area contributed by atoms with Crippen molar-refractivity contribution in [3.8, 4) is 0 Å². The Morgan fingerprint density at radius 3 is 3.07 bits per heavy atom. The highest BCUT2D eigenvalue weighted by atomic mass is 79.9. The lowest BCUT2D eigenvalue weighted by molar-refractivity contribution is 0.0946. The van der Waals surface area contributed by atoms with Gasteiger partial charge in [0.15, 0.2) is 11.5 Å². The maximum atomic E-state index is 11.8. The van der Waals surface area contributed by atoms with Gasteiger partial charge >= 0.3 is 0 Å². The predicted molar refractivity (Wildman–Crippen MR) is 52.5 cm³/mol. The van der Waals surface area contributed by atoms with Gasteiger partial charge in [0.05, 0.1) is 6.20 Å². The van der Waals surface area contributed by atoms with Crippen molar-refractivity contribution >= 4 is 27.7 Å². The Hall–Kier alpha value is -1.24. The first-order valence-corrected chi connectivity index (χ1v) is 4.56. The van der Waals surface area contributed by atoms with E-state index in [-0.39, 0.29) is 18.1 Å². The zero-order valence-corrected chi connectivity index (χ0v) is 8.71. The largest absolute Gasteiger partial charge is 0.382 e. The smallest absolute Gasteiger partial charge is 0.273 e. The number of aromatic nitrogens is 2. The minimum Gasteiger partial charge on any atom is -0.382 e. The molecule has 0 bridgehead atoms. The second kappa shape index (κ2) is 4.85. The Balaban J connectivity index is 2.83.